The Kier molecular flexibility index (Phi) is 5.48. The number of benzene rings is 2. The maximum atomic E-state index is 12.4. The number of carbonyl (C=O) groups excluding carboxylic acids is 1. The van der Waals surface area contributed by atoms with Crippen molar-refractivity contribution in [2.75, 3.05) is 25.5 Å². The van der Waals surface area contributed by atoms with Gasteiger partial charge in [-0.2, -0.15) is 0 Å². The predicted molar refractivity (Wildman–Crippen MR) is 98.3 cm³/mol. The summed E-state index contributed by atoms with van der Waals surface area (Å²) in [6.07, 6.45) is 1.99. The van der Waals surface area contributed by atoms with Crippen LogP contribution in [-0.2, 0) is 4.79 Å². The lowest BCUT2D eigenvalue weighted by molar-refractivity contribution is -0.383. The molecule has 1 saturated heterocycles. The highest BCUT2D eigenvalue weighted by atomic mass is 16.6. The van der Waals surface area contributed by atoms with Crippen molar-refractivity contribution in [2.45, 2.75) is 18.9 Å². The van der Waals surface area contributed by atoms with E-state index < -0.39 is 4.92 Å². The first-order valence-corrected chi connectivity index (χ1v) is 8.50. The lowest BCUT2D eigenvalue weighted by atomic mass is 10.0. The van der Waals surface area contributed by atoms with E-state index in [1.54, 1.807) is 25.3 Å². The van der Waals surface area contributed by atoms with E-state index in [2.05, 4.69) is 10.2 Å². The quantitative estimate of drug-likeness (QED) is 0.634. The molecule has 2 aromatic carbocycles. The van der Waals surface area contributed by atoms with E-state index in [1.165, 1.54) is 6.07 Å². The van der Waals surface area contributed by atoms with Gasteiger partial charge in [-0.05, 0) is 43.1 Å². The van der Waals surface area contributed by atoms with Gasteiger partial charge in [0.2, 0.25) is 5.91 Å². The van der Waals surface area contributed by atoms with Crippen LogP contribution >= 0.6 is 0 Å². The smallest absolute Gasteiger partial charge is 0.292 e. The van der Waals surface area contributed by atoms with Crippen LogP contribution in [0.3, 0.4) is 0 Å². The predicted octanol–water partition coefficient (Wildman–Crippen LogP) is 3.38. The van der Waals surface area contributed by atoms with Crippen molar-refractivity contribution in [3.05, 3.63) is 64.2 Å². The minimum absolute atomic E-state index is 0.103. The lowest BCUT2D eigenvalue weighted by Gasteiger charge is -2.24. The number of amides is 1. The van der Waals surface area contributed by atoms with Gasteiger partial charge in [0.15, 0.2) is 0 Å². The summed E-state index contributed by atoms with van der Waals surface area (Å²) in [6.45, 7) is 1.02. The third kappa shape index (κ3) is 4.00. The van der Waals surface area contributed by atoms with E-state index >= 15 is 0 Å². The van der Waals surface area contributed by atoms with Crippen molar-refractivity contribution in [2.24, 2.45) is 0 Å². The summed E-state index contributed by atoms with van der Waals surface area (Å²) in [7, 11) is 1.63. The third-order valence-electron chi connectivity index (χ3n) is 4.59. The van der Waals surface area contributed by atoms with Crippen molar-refractivity contribution in [3.63, 3.8) is 0 Å². The second-order valence-corrected chi connectivity index (χ2v) is 6.22. The Hall–Kier alpha value is -2.93. The second kappa shape index (κ2) is 7.97. The number of hydrogen-bond donors (Lipinski definition) is 1. The number of anilines is 1. The van der Waals surface area contributed by atoms with E-state index in [-0.39, 0.29) is 29.9 Å². The SMILES string of the molecule is COc1ccc(C2CCCN2CC(=O)Nc2ccccc2[N+](=O)[O-])cc1. The molecule has 136 valence electrons. The van der Waals surface area contributed by atoms with Gasteiger partial charge in [-0.3, -0.25) is 19.8 Å². The first-order chi connectivity index (χ1) is 12.6. The van der Waals surface area contributed by atoms with Gasteiger partial charge in [0.1, 0.15) is 11.4 Å². The summed E-state index contributed by atoms with van der Waals surface area (Å²) in [5.74, 6) is 0.548. The summed E-state index contributed by atoms with van der Waals surface area (Å²) >= 11 is 0. The molecule has 1 heterocycles. The van der Waals surface area contributed by atoms with Crippen molar-refractivity contribution in [1.29, 1.82) is 0 Å². The molecule has 2 aromatic rings. The van der Waals surface area contributed by atoms with E-state index in [9.17, 15) is 14.9 Å². The van der Waals surface area contributed by atoms with E-state index in [1.807, 2.05) is 24.3 Å². The number of rotatable bonds is 6. The lowest BCUT2D eigenvalue weighted by Crippen LogP contribution is -2.33. The van der Waals surface area contributed by atoms with Crippen LogP contribution in [0.2, 0.25) is 0 Å². The zero-order valence-electron chi connectivity index (χ0n) is 14.6. The molecule has 0 saturated carbocycles. The summed E-state index contributed by atoms with van der Waals surface area (Å²) in [6, 6.07) is 14.2. The molecule has 7 heteroatoms. The van der Waals surface area contributed by atoms with E-state index in [0.29, 0.717) is 0 Å². The Morgan fingerprint density at radius 1 is 1.27 bits per heavy atom. The maximum Gasteiger partial charge on any atom is 0.292 e. The largest absolute Gasteiger partial charge is 0.497 e. The molecule has 0 spiro atoms. The van der Waals surface area contributed by atoms with E-state index in [4.69, 9.17) is 4.74 Å². The fourth-order valence-corrected chi connectivity index (χ4v) is 3.33. The Bertz CT molecular complexity index is 792. The normalized spacial score (nSPS) is 17.0. The maximum absolute atomic E-state index is 12.4. The number of methoxy groups -OCH3 is 1. The van der Waals surface area contributed by atoms with Crippen LogP contribution in [0.4, 0.5) is 11.4 Å². The summed E-state index contributed by atoms with van der Waals surface area (Å²) in [5.41, 5.74) is 1.26. The van der Waals surface area contributed by atoms with Crippen LogP contribution in [0.15, 0.2) is 48.5 Å². The molecule has 1 aliphatic heterocycles. The first-order valence-electron chi connectivity index (χ1n) is 8.50. The Morgan fingerprint density at radius 3 is 2.69 bits per heavy atom. The van der Waals surface area contributed by atoms with Crippen LogP contribution in [0, 0.1) is 10.1 Å². The average molecular weight is 355 g/mol. The summed E-state index contributed by atoms with van der Waals surface area (Å²) in [5, 5.41) is 13.7. The standard InChI is InChI=1S/C19H21N3O4/c1-26-15-10-8-14(9-11-15)17-7-4-12-21(17)13-19(23)20-16-5-2-3-6-18(16)22(24)25/h2-3,5-6,8-11,17H,4,7,12-13H2,1H3,(H,20,23). The van der Waals surface area contributed by atoms with Gasteiger partial charge >= 0.3 is 0 Å². The van der Waals surface area contributed by atoms with Gasteiger partial charge in [-0.15, -0.1) is 0 Å². The van der Waals surface area contributed by atoms with Crippen molar-refractivity contribution in [3.8, 4) is 5.75 Å². The molecule has 0 aliphatic carbocycles. The van der Waals surface area contributed by atoms with Gasteiger partial charge in [-0.25, -0.2) is 0 Å². The minimum atomic E-state index is -0.494. The molecule has 7 nitrogen and oxygen atoms in total. The number of ether oxygens (including phenoxy) is 1. The molecule has 1 N–H and O–H groups in total. The summed E-state index contributed by atoms with van der Waals surface area (Å²) in [4.78, 5) is 25.1. The van der Waals surface area contributed by atoms with Crippen LogP contribution in [0.5, 0.6) is 5.75 Å². The number of hydrogen-bond acceptors (Lipinski definition) is 5. The van der Waals surface area contributed by atoms with Gasteiger partial charge in [0.25, 0.3) is 5.69 Å². The highest BCUT2D eigenvalue weighted by Gasteiger charge is 2.28. The molecule has 1 amide bonds. The third-order valence-corrected chi connectivity index (χ3v) is 4.59. The molecular weight excluding hydrogens is 334 g/mol. The number of nitrogens with one attached hydrogen (secondary N) is 1. The molecule has 0 aromatic heterocycles. The van der Waals surface area contributed by atoms with Gasteiger partial charge in [-0.1, -0.05) is 24.3 Å². The monoisotopic (exact) mass is 355 g/mol. The molecule has 1 aliphatic rings. The molecule has 3 rings (SSSR count). The van der Waals surface area contributed by atoms with Crippen LogP contribution in [0.25, 0.3) is 0 Å². The number of nitrogens with zero attached hydrogens (tertiary/aromatic N) is 2. The number of likely N-dealkylation sites (tertiary alicyclic amines) is 1. The minimum Gasteiger partial charge on any atom is -0.497 e. The average Bonchev–Trinajstić information content (AvgIpc) is 3.10. The molecule has 1 atom stereocenters. The Labute approximate surface area is 151 Å². The fourth-order valence-electron chi connectivity index (χ4n) is 3.33. The number of para-hydroxylation sites is 2. The van der Waals surface area contributed by atoms with Gasteiger partial charge < -0.3 is 10.1 Å². The Balaban J connectivity index is 1.67. The summed E-state index contributed by atoms with van der Waals surface area (Å²) < 4.78 is 5.19. The first kappa shape index (κ1) is 17.9. The molecule has 26 heavy (non-hydrogen) atoms. The van der Waals surface area contributed by atoms with E-state index in [0.717, 1.165) is 30.7 Å². The number of nitro groups is 1. The topological polar surface area (TPSA) is 84.7 Å². The van der Waals surface area contributed by atoms with Crippen molar-refractivity contribution in [1.82, 2.24) is 4.90 Å². The zero-order valence-corrected chi connectivity index (χ0v) is 14.6. The highest BCUT2D eigenvalue weighted by molar-refractivity contribution is 5.94. The van der Waals surface area contributed by atoms with Crippen LogP contribution < -0.4 is 10.1 Å². The molecule has 1 unspecified atom stereocenters. The number of nitro benzene ring substituents is 1. The van der Waals surface area contributed by atoms with Crippen molar-refractivity contribution < 1.29 is 14.5 Å². The van der Waals surface area contributed by atoms with Gasteiger partial charge in [0.05, 0.1) is 18.6 Å². The number of carbonyl (C=O) groups is 1. The Morgan fingerprint density at radius 2 is 2.00 bits per heavy atom. The van der Waals surface area contributed by atoms with Gasteiger partial charge in [0, 0.05) is 12.1 Å². The molecule has 1 fully saturated rings. The second-order valence-electron chi connectivity index (χ2n) is 6.22. The zero-order chi connectivity index (χ0) is 18.5. The fraction of sp³-hybridized carbons (Fsp3) is 0.316. The van der Waals surface area contributed by atoms with Crippen molar-refractivity contribution >= 4 is 17.3 Å². The van der Waals surface area contributed by atoms with Crippen LogP contribution in [0.1, 0.15) is 24.4 Å². The molecule has 0 radical (unpaired) electrons. The molecular formula is C19H21N3O4. The molecule has 0 bridgehead atoms. The van der Waals surface area contributed by atoms with Crippen LogP contribution in [-0.4, -0.2) is 35.9 Å². The highest BCUT2D eigenvalue weighted by Crippen LogP contribution is 2.32.